The second kappa shape index (κ2) is 4.87. The van der Waals surface area contributed by atoms with Crippen LogP contribution < -0.4 is 5.32 Å². The van der Waals surface area contributed by atoms with Gasteiger partial charge in [0, 0.05) is 18.2 Å². The number of nitrogens with zero attached hydrogens (tertiary/aromatic N) is 2. The molecule has 0 saturated carbocycles. The van der Waals surface area contributed by atoms with E-state index < -0.39 is 0 Å². The molecule has 1 amide bonds. The Labute approximate surface area is 107 Å². The molecular formula is C11H12N4O2S. The van der Waals surface area contributed by atoms with Gasteiger partial charge in [0.05, 0.1) is 11.9 Å². The first-order valence-electron chi connectivity index (χ1n) is 5.70. The largest absolute Gasteiger partial charge is 0.368 e. The smallest absolute Gasteiger partial charge is 0.253 e. The fraction of sp³-hybridized carbons (Fsp3) is 0.364. The van der Waals surface area contributed by atoms with Gasteiger partial charge in [-0.1, -0.05) is 0 Å². The molecule has 0 aliphatic carbocycles. The molecule has 1 unspecified atom stereocenters. The van der Waals surface area contributed by atoms with Crippen molar-refractivity contribution < 1.29 is 9.53 Å². The highest BCUT2D eigenvalue weighted by Gasteiger charge is 2.24. The molecule has 0 spiro atoms. The van der Waals surface area contributed by atoms with E-state index in [1.54, 1.807) is 12.4 Å². The summed E-state index contributed by atoms with van der Waals surface area (Å²) >= 11 is 1.49. The number of anilines is 1. The molecule has 2 N–H and O–H groups in total. The van der Waals surface area contributed by atoms with Gasteiger partial charge in [0.1, 0.15) is 16.8 Å². The lowest BCUT2D eigenvalue weighted by molar-refractivity contribution is -0.124. The number of nitrogens with one attached hydrogen (secondary N) is 2. The molecule has 1 saturated heterocycles. The predicted molar refractivity (Wildman–Crippen MR) is 67.3 cm³/mol. The molecule has 18 heavy (non-hydrogen) atoms. The molecule has 2 aromatic rings. The highest BCUT2D eigenvalue weighted by atomic mass is 32.1. The molecule has 1 aliphatic heterocycles. The lowest BCUT2D eigenvalue weighted by atomic mass is 10.2. The van der Waals surface area contributed by atoms with E-state index in [-0.39, 0.29) is 12.0 Å². The lowest BCUT2D eigenvalue weighted by Gasteiger charge is -2.09. The van der Waals surface area contributed by atoms with Gasteiger partial charge in [-0.15, -0.1) is 11.3 Å². The van der Waals surface area contributed by atoms with Crippen molar-refractivity contribution in [3.63, 3.8) is 0 Å². The summed E-state index contributed by atoms with van der Waals surface area (Å²) in [5, 5.41) is 12.3. The van der Waals surface area contributed by atoms with Crippen LogP contribution in [-0.4, -0.2) is 33.8 Å². The number of hydrogen-bond acceptors (Lipinski definition) is 5. The van der Waals surface area contributed by atoms with Gasteiger partial charge in [-0.3, -0.25) is 9.89 Å². The Hall–Kier alpha value is -1.73. The molecule has 94 valence electrons. The summed E-state index contributed by atoms with van der Waals surface area (Å²) in [7, 11) is 0. The molecule has 6 nitrogen and oxygen atoms in total. The van der Waals surface area contributed by atoms with Crippen molar-refractivity contribution in [3.05, 3.63) is 17.8 Å². The average Bonchev–Trinajstić information content (AvgIpc) is 3.11. The van der Waals surface area contributed by atoms with Crippen molar-refractivity contribution in [2.75, 3.05) is 11.9 Å². The third-order valence-corrected chi connectivity index (χ3v) is 3.56. The minimum Gasteiger partial charge on any atom is -0.368 e. The summed E-state index contributed by atoms with van der Waals surface area (Å²) in [6.07, 6.45) is 4.67. The molecule has 0 radical (unpaired) electrons. The summed E-state index contributed by atoms with van der Waals surface area (Å²) in [6, 6.07) is 0. The van der Waals surface area contributed by atoms with Crippen LogP contribution >= 0.6 is 11.3 Å². The van der Waals surface area contributed by atoms with Crippen molar-refractivity contribution in [2.24, 2.45) is 0 Å². The highest BCUT2D eigenvalue weighted by Crippen LogP contribution is 2.27. The van der Waals surface area contributed by atoms with Crippen molar-refractivity contribution in [2.45, 2.75) is 18.9 Å². The number of H-pyrrole nitrogens is 1. The molecule has 3 rings (SSSR count). The molecular weight excluding hydrogens is 252 g/mol. The Morgan fingerprint density at radius 2 is 2.56 bits per heavy atom. The number of hydrogen-bond donors (Lipinski definition) is 2. The Kier molecular flexibility index (Phi) is 3.07. The van der Waals surface area contributed by atoms with E-state index in [4.69, 9.17) is 4.74 Å². The van der Waals surface area contributed by atoms with Gasteiger partial charge in [-0.05, 0) is 12.8 Å². The van der Waals surface area contributed by atoms with Gasteiger partial charge in [-0.2, -0.15) is 5.10 Å². The van der Waals surface area contributed by atoms with Gasteiger partial charge >= 0.3 is 0 Å². The van der Waals surface area contributed by atoms with Crippen LogP contribution in [0.5, 0.6) is 0 Å². The van der Waals surface area contributed by atoms with Gasteiger partial charge in [0.2, 0.25) is 0 Å². The van der Waals surface area contributed by atoms with Crippen molar-refractivity contribution in [1.82, 2.24) is 15.2 Å². The van der Waals surface area contributed by atoms with Crippen LogP contribution in [0.4, 0.5) is 5.69 Å². The van der Waals surface area contributed by atoms with Gasteiger partial charge < -0.3 is 10.1 Å². The van der Waals surface area contributed by atoms with Crippen LogP contribution in [0.1, 0.15) is 12.8 Å². The first-order valence-corrected chi connectivity index (χ1v) is 6.58. The number of aromatic nitrogens is 3. The van der Waals surface area contributed by atoms with Crippen molar-refractivity contribution in [1.29, 1.82) is 0 Å². The predicted octanol–water partition coefficient (Wildman–Crippen LogP) is 1.65. The molecule has 3 heterocycles. The van der Waals surface area contributed by atoms with Crippen LogP contribution in [-0.2, 0) is 9.53 Å². The van der Waals surface area contributed by atoms with E-state index >= 15 is 0 Å². The van der Waals surface area contributed by atoms with Crippen LogP contribution in [0.25, 0.3) is 10.7 Å². The molecule has 7 heteroatoms. The maximum absolute atomic E-state index is 11.9. The van der Waals surface area contributed by atoms with E-state index in [2.05, 4.69) is 20.5 Å². The molecule has 2 aromatic heterocycles. The van der Waals surface area contributed by atoms with Crippen LogP contribution in [0.15, 0.2) is 17.8 Å². The normalized spacial score (nSPS) is 19.0. The zero-order valence-electron chi connectivity index (χ0n) is 9.55. The zero-order valence-corrected chi connectivity index (χ0v) is 10.4. The first-order chi connectivity index (χ1) is 8.84. The van der Waals surface area contributed by atoms with E-state index in [0.29, 0.717) is 12.3 Å². The summed E-state index contributed by atoms with van der Waals surface area (Å²) in [5.74, 6) is -0.119. The zero-order chi connectivity index (χ0) is 12.4. The van der Waals surface area contributed by atoms with Gasteiger partial charge in [0.15, 0.2) is 0 Å². The minimum atomic E-state index is -0.343. The van der Waals surface area contributed by atoms with Crippen LogP contribution in [0.2, 0.25) is 0 Å². The van der Waals surface area contributed by atoms with Crippen molar-refractivity contribution in [3.8, 4) is 10.7 Å². The summed E-state index contributed by atoms with van der Waals surface area (Å²) in [5.41, 5.74) is 1.38. The maximum atomic E-state index is 11.9. The number of aromatic amines is 1. The molecule has 1 aliphatic rings. The van der Waals surface area contributed by atoms with E-state index in [1.165, 1.54) is 11.3 Å². The Balaban J connectivity index is 1.77. The Morgan fingerprint density at radius 1 is 1.61 bits per heavy atom. The molecule has 1 atom stereocenters. The number of thiazole rings is 1. The highest BCUT2D eigenvalue weighted by molar-refractivity contribution is 7.13. The first kappa shape index (κ1) is 11.4. The number of ether oxygens (including phenoxy) is 1. The Bertz CT molecular complexity index is 531. The summed E-state index contributed by atoms with van der Waals surface area (Å²) in [4.78, 5) is 16.1. The third kappa shape index (κ3) is 2.14. The van der Waals surface area contributed by atoms with E-state index in [1.807, 2.05) is 5.38 Å². The molecule has 0 aromatic carbocycles. The topological polar surface area (TPSA) is 79.9 Å². The molecule has 0 bridgehead atoms. The van der Waals surface area contributed by atoms with E-state index in [0.717, 1.165) is 23.5 Å². The van der Waals surface area contributed by atoms with Crippen molar-refractivity contribution >= 4 is 22.9 Å². The quantitative estimate of drug-likeness (QED) is 0.883. The standard InChI is InChI=1S/C11H12N4O2S/c16-10(8-2-1-4-17-8)14-7-6-13-15-9(7)11-12-3-5-18-11/h3,5-6,8H,1-2,4H2,(H,13,15)(H,14,16). The van der Waals surface area contributed by atoms with E-state index in [9.17, 15) is 4.79 Å². The molecule has 1 fully saturated rings. The lowest BCUT2D eigenvalue weighted by Crippen LogP contribution is -2.26. The fourth-order valence-electron chi connectivity index (χ4n) is 1.89. The maximum Gasteiger partial charge on any atom is 0.253 e. The summed E-state index contributed by atoms with van der Waals surface area (Å²) in [6.45, 7) is 0.656. The number of amides is 1. The third-order valence-electron chi connectivity index (χ3n) is 2.77. The minimum absolute atomic E-state index is 0.119. The number of rotatable bonds is 3. The Morgan fingerprint density at radius 3 is 3.28 bits per heavy atom. The number of carbonyl (C=O) groups is 1. The fourth-order valence-corrected chi connectivity index (χ4v) is 2.53. The monoisotopic (exact) mass is 264 g/mol. The number of carbonyl (C=O) groups excluding carboxylic acids is 1. The second-order valence-corrected chi connectivity index (χ2v) is 4.88. The SMILES string of the molecule is O=C(Nc1cn[nH]c1-c1nccs1)C1CCCO1. The van der Waals surface area contributed by atoms with Crippen LogP contribution in [0, 0.1) is 0 Å². The second-order valence-electron chi connectivity index (χ2n) is 3.99. The van der Waals surface area contributed by atoms with Crippen LogP contribution in [0.3, 0.4) is 0 Å². The van der Waals surface area contributed by atoms with Gasteiger partial charge in [-0.25, -0.2) is 4.98 Å². The average molecular weight is 264 g/mol. The van der Waals surface area contributed by atoms with Gasteiger partial charge in [0.25, 0.3) is 5.91 Å². The summed E-state index contributed by atoms with van der Waals surface area (Å²) < 4.78 is 5.34.